The van der Waals surface area contributed by atoms with E-state index in [-0.39, 0.29) is 11.6 Å². The molecule has 1 aromatic heterocycles. The lowest BCUT2D eigenvalue weighted by atomic mass is 10.1. The number of halogens is 2. The second kappa shape index (κ2) is 8.53. The Morgan fingerprint density at radius 3 is 2.38 bits per heavy atom. The number of hydrogen-bond donors (Lipinski definition) is 1. The molecule has 0 aliphatic carbocycles. The second-order valence-electron chi connectivity index (χ2n) is 7.86. The van der Waals surface area contributed by atoms with E-state index in [1.807, 2.05) is 12.1 Å². The molecule has 164 valence electrons. The highest BCUT2D eigenvalue weighted by Gasteiger charge is 2.29. The first kappa shape index (κ1) is 20.4. The Kier molecular flexibility index (Phi) is 5.43. The van der Waals surface area contributed by atoms with Crippen molar-refractivity contribution in [3.63, 3.8) is 0 Å². The van der Waals surface area contributed by atoms with Gasteiger partial charge in [-0.15, -0.1) is 5.10 Å². The van der Waals surface area contributed by atoms with Gasteiger partial charge in [-0.2, -0.15) is 10.2 Å². The first-order valence-electron chi connectivity index (χ1n) is 10.3. The largest absolute Gasteiger partial charge is 0.378 e. The fourth-order valence-electron chi connectivity index (χ4n) is 3.96. The van der Waals surface area contributed by atoms with Gasteiger partial charge in [-0.1, -0.05) is 0 Å². The molecule has 1 N–H and O–H groups in total. The van der Waals surface area contributed by atoms with E-state index >= 15 is 0 Å². The topological polar surface area (TPSA) is 82.2 Å². The van der Waals surface area contributed by atoms with Gasteiger partial charge in [-0.3, -0.25) is 4.90 Å². The first-order valence-corrected chi connectivity index (χ1v) is 10.3. The maximum absolute atomic E-state index is 13.5. The third kappa shape index (κ3) is 4.26. The number of nitrogens with one attached hydrogen (secondary N) is 1. The fraction of sp³-hybridized carbons (Fsp3) is 0.318. The Labute approximate surface area is 183 Å². The molecular formula is C22H21F2N7O. The summed E-state index contributed by atoms with van der Waals surface area (Å²) in [7, 11) is 0. The molecule has 2 fully saturated rings. The van der Waals surface area contributed by atoms with Crippen LogP contribution < -0.4 is 10.2 Å². The molecule has 8 nitrogen and oxygen atoms in total. The minimum absolute atomic E-state index is 0.226. The zero-order chi connectivity index (χ0) is 22.1. The first-order chi connectivity index (χ1) is 15.6. The molecule has 0 unspecified atom stereocenters. The summed E-state index contributed by atoms with van der Waals surface area (Å²) in [5.74, 6) is -1.13. The van der Waals surface area contributed by atoms with Gasteiger partial charge in [-0.05, 0) is 30.3 Å². The Hall–Kier alpha value is -3.55. The summed E-state index contributed by atoms with van der Waals surface area (Å²) in [6.45, 7) is 5.24. The molecule has 5 rings (SSSR count). The standard InChI is InChI=1S/C22H21F2N7O/c23-16-7-17(24)9-20(8-16)31-14-26-22(28-31)27-18-5-15(11-25)6-19(10-18)29-1-3-30(4-2-29)21-12-32-13-21/h5-10,14,21H,1-4,12-13H2,(H,27,28). The summed E-state index contributed by atoms with van der Waals surface area (Å²) in [5.41, 5.74) is 2.36. The van der Waals surface area contributed by atoms with Crippen LogP contribution in [0.5, 0.6) is 0 Å². The van der Waals surface area contributed by atoms with Gasteiger partial charge in [0.05, 0.1) is 36.6 Å². The van der Waals surface area contributed by atoms with E-state index in [2.05, 4.69) is 31.3 Å². The van der Waals surface area contributed by atoms with Gasteiger partial charge in [-0.25, -0.2) is 13.5 Å². The van der Waals surface area contributed by atoms with Gasteiger partial charge in [0.2, 0.25) is 5.95 Å². The van der Waals surface area contributed by atoms with E-state index in [1.165, 1.54) is 23.1 Å². The third-order valence-electron chi connectivity index (χ3n) is 5.72. The minimum Gasteiger partial charge on any atom is -0.378 e. The van der Waals surface area contributed by atoms with Crippen LogP contribution in [0, 0.1) is 23.0 Å². The fourth-order valence-corrected chi connectivity index (χ4v) is 3.96. The molecule has 3 heterocycles. The normalized spacial score (nSPS) is 17.1. The van der Waals surface area contributed by atoms with Crippen molar-refractivity contribution in [1.82, 2.24) is 19.7 Å². The highest BCUT2D eigenvalue weighted by atomic mass is 19.1. The van der Waals surface area contributed by atoms with Crippen LogP contribution in [0.25, 0.3) is 5.69 Å². The number of benzene rings is 2. The quantitative estimate of drug-likeness (QED) is 0.657. The molecule has 2 aliphatic heterocycles. The maximum atomic E-state index is 13.5. The molecule has 2 aliphatic rings. The second-order valence-corrected chi connectivity index (χ2v) is 7.86. The lowest BCUT2D eigenvalue weighted by Crippen LogP contribution is -2.56. The monoisotopic (exact) mass is 437 g/mol. The van der Waals surface area contributed by atoms with Crippen molar-refractivity contribution in [1.29, 1.82) is 5.26 Å². The van der Waals surface area contributed by atoms with E-state index in [4.69, 9.17) is 4.74 Å². The number of piperazine rings is 1. The van der Waals surface area contributed by atoms with Crippen LogP contribution in [0.15, 0.2) is 42.7 Å². The number of ether oxygens (including phenoxy) is 1. The molecule has 0 radical (unpaired) electrons. The van der Waals surface area contributed by atoms with Crippen molar-refractivity contribution in [3.8, 4) is 11.8 Å². The van der Waals surface area contributed by atoms with Gasteiger partial charge in [0.1, 0.15) is 18.0 Å². The third-order valence-corrected chi connectivity index (χ3v) is 5.72. The molecule has 0 saturated carbocycles. The van der Waals surface area contributed by atoms with Gasteiger partial charge < -0.3 is 15.0 Å². The Balaban J connectivity index is 1.32. The van der Waals surface area contributed by atoms with Crippen LogP contribution in [-0.4, -0.2) is 65.1 Å². The predicted octanol–water partition coefficient (Wildman–Crippen LogP) is 2.68. The van der Waals surface area contributed by atoms with Crippen molar-refractivity contribution >= 4 is 17.3 Å². The van der Waals surface area contributed by atoms with Gasteiger partial charge >= 0.3 is 0 Å². The van der Waals surface area contributed by atoms with Crippen LogP contribution in [0.1, 0.15) is 5.56 Å². The number of aromatic nitrogens is 3. The molecule has 2 saturated heterocycles. The summed E-state index contributed by atoms with van der Waals surface area (Å²) in [5, 5.41) is 16.8. The summed E-state index contributed by atoms with van der Waals surface area (Å²) in [6.07, 6.45) is 1.37. The molecule has 3 aromatic rings. The average molecular weight is 437 g/mol. The Bertz CT molecular complexity index is 1140. The van der Waals surface area contributed by atoms with Gasteiger partial charge in [0, 0.05) is 43.6 Å². The van der Waals surface area contributed by atoms with Crippen LogP contribution in [0.2, 0.25) is 0 Å². The van der Waals surface area contributed by atoms with Crippen molar-refractivity contribution in [2.75, 3.05) is 49.6 Å². The highest BCUT2D eigenvalue weighted by molar-refractivity contribution is 5.66. The summed E-state index contributed by atoms with van der Waals surface area (Å²) >= 11 is 0. The Morgan fingerprint density at radius 2 is 1.72 bits per heavy atom. The highest BCUT2D eigenvalue weighted by Crippen LogP contribution is 2.26. The zero-order valence-electron chi connectivity index (χ0n) is 17.2. The number of hydrogen-bond acceptors (Lipinski definition) is 7. The Morgan fingerprint density at radius 1 is 0.969 bits per heavy atom. The van der Waals surface area contributed by atoms with Crippen LogP contribution in [0.3, 0.4) is 0 Å². The van der Waals surface area contributed by atoms with Crippen molar-refractivity contribution in [2.45, 2.75) is 6.04 Å². The molecule has 0 bridgehead atoms. The van der Waals surface area contributed by atoms with Crippen LogP contribution in [0.4, 0.5) is 26.1 Å². The van der Waals surface area contributed by atoms with Crippen molar-refractivity contribution in [2.24, 2.45) is 0 Å². The predicted molar refractivity (Wildman–Crippen MR) is 114 cm³/mol. The molecular weight excluding hydrogens is 416 g/mol. The van der Waals surface area contributed by atoms with Gasteiger partial charge in [0.25, 0.3) is 0 Å². The summed E-state index contributed by atoms with van der Waals surface area (Å²) < 4.78 is 33.6. The lowest BCUT2D eigenvalue weighted by Gasteiger charge is -2.43. The number of rotatable bonds is 5. The van der Waals surface area contributed by atoms with E-state index in [0.717, 1.165) is 51.1 Å². The maximum Gasteiger partial charge on any atom is 0.246 e. The van der Waals surface area contributed by atoms with Gasteiger partial charge in [0.15, 0.2) is 0 Å². The van der Waals surface area contributed by atoms with E-state index in [0.29, 0.717) is 17.3 Å². The van der Waals surface area contributed by atoms with Crippen LogP contribution >= 0.6 is 0 Å². The molecule has 0 spiro atoms. The number of nitriles is 1. The SMILES string of the molecule is N#Cc1cc(Nc2ncn(-c3cc(F)cc(F)c3)n2)cc(N2CCN(C3COC3)CC2)c1. The summed E-state index contributed by atoms with van der Waals surface area (Å²) in [6, 6.07) is 11.4. The molecule has 32 heavy (non-hydrogen) atoms. The molecule has 0 amide bonds. The minimum atomic E-state index is -0.693. The molecule has 10 heteroatoms. The lowest BCUT2D eigenvalue weighted by molar-refractivity contribution is -0.0660. The molecule has 2 aromatic carbocycles. The van der Waals surface area contributed by atoms with E-state index in [9.17, 15) is 14.0 Å². The molecule has 0 atom stereocenters. The zero-order valence-corrected chi connectivity index (χ0v) is 17.2. The number of anilines is 3. The van der Waals surface area contributed by atoms with Crippen LogP contribution in [-0.2, 0) is 4.74 Å². The van der Waals surface area contributed by atoms with Crippen molar-refractivity contribution in [3.05, 3.63) is 59.9 Å². The smallest absolute Gasteiger partial charge is 0.246 e. The number of nitrogens with zero attached hydrogens (tertiary/aromatic N) is 6. The van der Waals surface area contributed by atoms with Crippen molar-refractivity contribution < 1.29 is 13.5 Å². The van der Waals surface area contributed by atoms with E-state index < -0.39 is 11.6 Å². The summed E-state index contributed by atoms with van der Waals surface area (Å²) in [4.78, 5) is 8.87. The van der Waals surface area contributed by atoms with E-state index in [1.54, 1.807) is 6.07 Å². The average Bonchev–Trinajstić information content (AvgIpc) is 3.20.